The van der Waals surface area contributed by atoms with Gasteiger partial charge in [0, 0.05) is 28.6 Å². The second-order valence-corrected chi connectivity index (χ2v) is 7.88. The molecule has 26 heavy (non-hydrogen) atoms. The van der Waals surface area contributed by atoms with Crippen molar-refractivity contribution in [1.82, 2.24) is 9.88 Å². The maximum Gasteiger partial charge on any atom is 0.160 e. The van der Waals surface area contributed by atoms with Gasteiger partial charge >= 0.3 is 0 Å². The molecule has 1 aromatic heterocycles. The van der Waals surface area contributed by atoms with Gasteiger partial charge in [-0.25, -0.2) is 0 Å². The summed E-state index contributed by atoms with van der Waals surface area (Å²) in [7, 11) is 0. The van der Waals surface area contributed by atoms with Crippen LogP contribution in [0.5, 0.6) is 5.75 Å². The summed E-state index contributed by atoms with van der Waals surface area (Å²) in [4.78, 5) is 12.1. The lowest BCUT2D eigenvalue weighted by atomic mass is 9.94. The number of ether oxygens (including phenoxy) is 1. The van der Waals surface area contributed by atoms with Crippen molar-refractivity contribution in [1.29, 1.82) is 0 Å². The molecule has 2 aliphatic rings. The van der Waals surface area contributed by atoms with Gasteiger partial charge in [-0.15, -0.1) is 0 Å². The standard InChI is InChI=1S/C20H22ClN3OS/c1-3-14-12-26-20-23-18(16-7-5-6-10-22-16)19(24(14)20)15-11-13(21)8-9-17(15)25-4-2/h5-11,14,18-19H,3-4,12H2,1-2H3/t14-,18+,19+/m0/s1. The van der Waals surface area contributed by atoms with Crippen molar-refractivity contribution < 1.29 is 4.74 Å². The Morgan fingerprint density at radius 3 is 2.88 bits per heavy atom. The van der Waals surface area contributed by atoms with Crippen molar-refractivity contribution in [3.8, 4) is 5.75 Å². The Bertz CT molecular complexity index is 814. The lowest BCUT2D eigenvalue weighted by Gasteiger charge is -2.32. The van der Waals surface area contributed by atoms with Gasteiger partial charge in [-0.05, 0) is 43.7 Å². The first-order valence-corrected chi connectivity index (χ1v) is 10.4. The quantitative estimate of drug-likeness (QED) is 0.714. The molecule has 2 aromatic rings. The summed E-state index contributed by atoms with van der Waals surface area (Å²) in [6, 6.07) is 12.4. The smallest absolute Gasteiger partial charge is 0.160 e. The highest BCUT2D eigenvalue weighted by atomic mass is 35.5. The second kappa shape index (κ2) is 7.49. The number of pyridine rings is 1. The lowest BCUT2D eigenvalue weighted by Crippen LogP contribution is -2.35. The van der Waals surface area contributed by atoms with Crippen LogP contribution in [0.25, 0.3) is 0 Å². The van der Waals surface area contributed by atoms with Crippen LogP contribution in [-0.4, -0.2) is 33.5 Å². The van der Waals surface area contributed by atoms with E-state index in [4.69, 9.17) is 21.3 Å². The number of benzene rings is 1. The first-order chi connectivity index (χ1) is 12.7. The number of aromatic nitrogens is 1. The number of fused-ring (bicyclic) bond motifs is 1. The summed E-state index contributed by atoms with van der Waals surface area (Å²) < 4.78 is 5.94. The molecule has 0 radical (unpaired) electrons. The number of hydrogen-bond acceptors (Lipinski definition) is 5. The van der Waals surface area contributed by atoms with E-state index in [1.807, 2.05) is 55.2 Å². The van der Waals surface area contributed by atoms with E-state index in [9.17, 15) is 0 Å². The second-order valence-electron chi connectivity index (χ2n) is 6.45. The molecule has 1 saturated heterocycles. The molecule has 0 amide bonds. The van der Waals surface area contributed by atoms with Crippen LogP contribution in [0.15, 0.2) is 47.6 Å². The van der Waals surface area contributed by atoms with Crippen LogP contribution in [0.3, 0.4) is 0 Å². The van der Waals surface area contributed by atoms with Gasteiger partial charge in [-0.2, -0.15) is 0 Å². The zero-order valence-electron chi connectivity index (χ0n) is 14.9. The monoisotopic (exact) mass is 387 g/mol. The van der Waals surface area contributed by atoms with E-state index < -0.39 is 0 Å². The first-order valence-electron chi connectivity index (χ1n) is 9.05. The lowest BCUT2D eigenvalue weighted by molar-refractivity contribution is 0.245. The molecule has 2 aliphatic heterocycles. The van der Waals surface area contributed by atoms with Crippen LogP contribution in [0.1, 0.15) is 43.6 Å². The average molecular weight is 388 g/mol. The number of thioether (sulfide) groups is 1. The average Bonchev–Trinajstić information content (AvgIpc) is 3.23. The SMILES string of the molecule is CCOc1ccc(Cl)cc1[C@@H]1[C@@H](c2ccccn2)N=C2SC[C@H](CC)N21. The van der Waals surface area contributed by atoms with E-state index in [0.29, 0.717) is 12.6 Å². The number of aliphatic imine (C=N–C) groups is 1. The van der Waals surface area contributed by atoms with Crippen molar-refractivity contribution >= 4 is 28.5 Å². The van der Waals surface area contributed by atoms with Crippen LogP contribution in [0, 0.1) is 0 Å². The normalized spacial score (nSPS) is 24.5. The molecule has 6 heteroatoms. The fourth-order valence-electron chi connectivity index (χ4n) is 3.72. The Kier molecular flexibility index (Phi) is 5.09. The molecule has 4 nitrogen and oxygen atoms in total. The largest absolute Gasteiger partial charge is 0.494 e. The highest BCUT2D eigenvalue weighted by Gasteiger charge is 2.46. The third-order valence-corrected chi connectivity index (χ3v) is 6.28. The van der Waals surface area contributed by atoms with E-state index in [1.165, 1.54) is 0 Å². The molecule has 1 fully saturated rings. The summed E-state index contributed by atoms with van der Waals surface area (Å²) >= 11 is 8.21. The maximum atomic E-state index is 6.37. The molecular weight excluding hydrogens is 366 g/mol. The van der Waals surface area contributed by atoms with Crippen LogP contribution in [0.2, 0.25) is 5.02 Å². The first kappa shape index (κ1) is 17.7. The van der Waals surface area contributed by atoms with Crippen molar-refractivity contribution in [3.05, 3.63) is 58.9 Å². The highest BCUT2D eigenvalue weighted by Crippen LogP contribution is 2.50. The van der Waals surface area contributed by atoms with E-state index in [0.717, 1.165) is 39.4 Å². The highest BCUT2D eigenvalue weighted by molar-refractivity contribution is 8.14. The summed E-state index contributed by atoms with van der Waals surface area (Å²) in [5.74, 6) is 1.96. The Hall–Kier alpha value is -1.72. The van der Waals surface area contributed by atoms with Crippen molar-refractivity contribution in [2.24, 2.45) is 4.99 Å². The Morgan fingerprint density at radius 1 is 1.27 bits per heavy atom. The van der Waals surface area contributed by atoms with Gasteiger partial charge in [0.15, 0.2) is 5.17 Å². The van der Waals surface area contributed by atoms with Gasteiger partial charge in [-0.3, -0.25) is 9.98 Å². The van der Waals surface area contributed by atoms with Gasteiger partial charge in [0.25, 0.3) is 0 Å². The van der Waals surface area contributed by atoms with E-state index in [-0.39, 0.29) is 12.1 Å². The van der Waals surface area contributed by atoms with E-state index in [1.54, 1.807) is 0 Å². The number of amidine groups is 1. The number of hydrogen-bond donors (Lipinski definition) is 0. The third-order valence-electron chi connectivity index (χ3n) is 4.92. The topological polar surface area (TPSA) is 37.7 Å². The number of nitrogens with zero attached hydrogens (tertiary/aromatic N) is 3. The van der Waals surface area contributed by atoms with Gasteiger partial charge in [-0.1, -0.05) is 36.4 Å². The molecular formula is C20H22ClN3OS. The van der Waals surface area contributed by atoms with Crippen molar-refractivity contribution in [3.63, 3.8) is 0 Å². The molecule has 3 heterocycles. The van der Waals surface area contributed by atoms with Crippen LogP contribution >= 0.6 is 23.4 Å². The predicted molar refractivity (Wildman–Crippen MR) is 108 cm³/mol. The van der Waals surface area contributed by atoms with Crippen LogP contribution < -0.4 is 4.74 Å². The summed E-state index contributed by atoms with van der Waals surface area (Å²) in [5, 5.41) is 1.83. The molecule has 4 rings (SSSR count). The zero-order chi connectivity index (χ0) is 18.1. The zero-order valence-corrected chi connectivity index (χ0v) is 16.5. The number of rotatable bonds is 5. The fourth-order valence-corrected chi connectivity index (χ4v) is 5.24. The molecule has 0 saturated carbocycles. The summed E-state index contributed by atoms with van der Waals surface area (Å²) in [6.07, 6.45) is 2.92. The molecule has 0 spiro atoms. The number of halogens is 1. The molecule has 1 aromatic carbocycles. The molecule has 0 aliphatic carbocycles. The molecule has 0 bridgehead atoms. The minimum atomic E-state index is -0.0503. The van der Waals surface area contributed by atoms with Crippen LogP contribution in [-0.2, 0) is 0 Å². The summed E-state index contributed by atoms with van der Waals surface area (Å²) in [5.41, 5.74) is 2.08. The third kappa shape index (κ3) is 3.08. The molecule has 3 atom stereocenters. The Balaban J connectivity index is 1.84. The summed E-state index contributed by atoms with van der Waals surface area (Å²) in [6.45, 7) is 4.86. The molecule has 136 valence electrons. The Morgan fingerprint density at radius 2 is 2.15 bits per heavy atom. The predicted octanol–water partition coefficient (Wildman–Crippen LogP) is 5.11. The minimum Gasteiger partial charge on any atom is -0.494 e. The van der Waals surface area contributed by atoms with E-state index in [2.05, 4.69) is 22.9 Å². The van der Waals surface area contributed by atoms with Crippen molar-refractivity contribution in [2.45, 2.75) is 38.4 Å². The Labute approximate surface area is 163 Å². The van der Waals surface area contributed by atoms with Gasteiger partial charge in [0.1, 0.15) is 11.8 Å². The minimum absolute atomic E-state index is 0.0503. The van der Waals surface area contributed by atoms with Crippen LogP contribution in [0.4, 0.5) is 0 Å². The van der Waals surface area contributed by atoms with Crippen molar-refractivity contribution in [2.75, 3.05) is 12.4 Å². The maximum absolute atomic E-state index is 6.37. The van der Waals surface area contributed by atoms with Gasteiger partial charge < -0.3 is 9.64 Å². The fraction of sp³-hybridized carbons (Fsp3) is 0.400. The van der Waals surface area contributed by atoms with Gasteiger partial charge in [0.05, 0.1) is 18.3 Å². The van der Waals surface area contributed by atoms with E-state index >= 15 is 0 Å². The molecule has 0 N–H and O–H groups in total. The van der Waals surface area contributed by atoms with Gasteiger partial charge in [0.2, 0.25) is 0 Å². The molecule has 0 unspecified atom stereocenters.